The lowest BCUT2D eigenvalue weighted by Gasteiger charge is -2.16. The second-order valence-corrected chi connectivity index (χ2v) is 2.77. The summed E-state index contributed by atoms with van der Waals surface area (Å²) >= 11 is 0. The smallest absolute Gasteiger partial charge is 0.320 e. The van der Waals surface area contributed by atoms with Crippen LogP contribution >= 0.6 is 0 Å². The molecule has 0 bridgehead atoms. The molecule has 0 unspecified atom stereocenters. The van der Waals surface area contributed by atoms with Gasteiger partial charge in [-0.3, -0.25) is 0 Å². The van der Waals surface area contributed by atoms with Gasteiger partial charge < -0.3 is 20.6 Å². The van der Waals surface area contributed by atoms with Crippen LogP contribution in [-0.4, -0.2) is 60.3 Å². The van der Waals surface area contributed by atoms with E-state index in [9.17, 15) is 4.79 Å². The van der Waals surface area contributed by atoms with Gasteiger partial charge in [0.1, 0.15) is 0 Å². The second-order valence-electron chi connectivity index (χ2n) is 2.77. The SMILES string of the molecule is NCCN1CCN(CCO)C1=O. The maximum atomic E-state index is 11.4. The van der Waals surface area contributed by atoms with Crippen molar-refractivity contribution in [2.75, 3.05) is 39.3 Å². The Balaban J connectivity index is 2.38. The van der Waals surface area contributed by atoms with E-state index in [4.69, 9.17) is 10.8 Å². The van der Waals surface area contributed by atoms with Crippen molar-refractivity contribution < 1.29 is 9.90 Å². The lowest BCUT2D eigenvalue weighted by molar-refractivity contribution is 0.179. The molecule has 1 fully saturated rings. The van der Waals surface area contributed by atoms with Crippen molar-refractivity contribution in [2.45, 2.75) is 0 Å². The fourth-order valence-corrected chi connectivity index (χ4v) is 1.32. The maximum absolute atomic E-state index is 11.4. The Kier molecular flexibility index (Phi) is 3.31. The first-order valence-corrected chi connectivity index (χ1v) is 4.14. The van der Waals surface area contributed by atoms with E-state index < -0.39 is 0 Å². The Morgan fingerprint density at radius 2 is 1.92 bits per heavy atom. The zero-order valence-corrected chi connectivity index (χ0v) is 7.07. The highest BCUT2D eigenvalue weighted by molar-refractivity contribution is 5.76. The maximum Gasteiger partial charge on any atom is 0.320 e. The third kappa shape index (κ3) is 1.86. The number of carbonyl (C=O) groups is 1. The molecule has 1 aliphatic rings. The molecule has 2 amide bonds. The Labute approximate surface area is 71.7 Å². The van der Waals surface area contributed by atoms with Crippen molar-refractivity contribution >= 4 is 6.03 Å². The summed E-state index contributed by atoms with van der Waals surface area (Å²) in [5, 5.41) is 8.62. The number of urea groups is 1. The quantitative estimate of drug-likeness (QED) is 0.553. The number of nitrogens with two attached hydrogens (primary N) is 1. The lowest BCUT2D eigenvalue weighted by Crippen LogP contribution is -2.36. The Bertz CT molecular complexity index is 147. The van der Waals surface area contributed by atoms with Gasteiger partial charge in [-0.05, 0) is 0 Å². The first-order chi connectivity index (χ1) is 5.79. The highest BCUT2D eigenvalue weighted by Gasteiger charge is 2.26. The van der Waals surface area contributed by atoms with Crippen LogP contribution in [0.1, 0.15) is 0 Å². The Hall–Kier alpha value is -0.810. The minimum atomic E-state index is -0.00509. The number of rotatable bonds is 4. The van der Waals surface area contributed by atoms with Gasteiger partial charge in [0.2, 0.25) is 0 Å². The highest BCUT2D eigenvalue weighted by atomic mass is 16.3. The summed E-state index contributed by atoms with van der Waals surface area (Å²) < 4.78 is 0. The van der Waals surface area contributed by atoms with E-state index in [2.05, 4.69) is 0 Å². The molecule has 0 aromatic heterocycles. The van der Waals surface area contributed by atoms with Gasteiger partial charge >= 0.3 is 6.03 Å². The molecule has 70 valence electrons. The van der Waals surface area contributed by atoms with E-state index in [1.54, 1.807) is 9.80 Å². The summed E-state index contributed by atoms with van der Waals surface area (Å²) in [4.78, 5) is 14.7. The number of hydrogen-bond donors (Lipinski definition) is 2. The molecule has 0 radical (unpaired) electrons. The van der Waals surface area contributed by atoms with Gasteiger partial charge in [0, 0.05) is 32.7 Å². The van der Waals surface area contributed by atoms with Crippen LogP contribution in [0, 0.1) is 0 Å². The van der Waals surface area contributed by atoms with E-state index in [1.807, 2.05) is 0 Å². The molecule has 0 saturated carbocycles. The predicted octanol–water partition coefficient (Wildman–Crippen LogP) is -1.32. The number of aliphatic hydroxyl groups excluding tert-OH is 1. The molecule has 1 saturated heterocycles. The molecule has 1 rings (SSSR count). The molecule has 3 N–H and O–H groups in total. The molecule has 0 aromatic carbocycles. The third-order valence-corrected chi connectivity index (χ3v) is 1.95. The predicted molar refractivity (Wildman–Crippen MR) is 44.7 cm³/mol. The molecular formula is C7H15N3O2. The summed E-state index contributed by atoms with van der Waals surface area (Å²) in [6.07, 6.45) is 0. The molecule has 0 aliphatic carbocycles. The monoisotopic (exact) mass is 173 g/mol. The molecular weight excluding hydrogens is 158 g/mol. The molecule has 0 spiro atoms. The Morgan fingerprint density at radius 1 is 1.33 bits per heavy atom. The number of aliphatic hydroxyl groups is 1. The van der Waals surface area contributed by atoms with E-state index in [0.717, 1.165) is 6.54 Å². The van der Waals surface area contributed by atoms with Crippen LogP contribution in [0.4, 0.5) is 4.79 Å². The fraction of sp³-hybridized carbons (Fsp3) is 0.857. The van der Waals surface area contributed by atoms with Crippen molar-refractivity contribution in [3.8, 4) is 0 Å². The van der Waals surface area contributed by atoms with Gasteiger partial charge in [0.05, 0.1) is 6.61 Å². The molecule has 1 heterocycles. The zero-order chi connectivity index (χ0) is 8.97. The second kappa shape index (κ2) is 4.27. The van der Waals surface area contributed by atoms with Crippen LogP contribution < -0.4 is 5.73 Å². The van der Waals surface area contributed by atoms with Gasteiger partial charge in [0.25, 0.3) is 0 Å². The number of amides is 2. The molecule has 5 nitrogen and oxygen atoms in total. The van der Waals surface area contributed by atoms with Crippen molar-refractivity contribution in [3.05, 3.63) is 0 Å². The van der Waals surface area contributed by atoms with Gasteiger partial charge in [0.15, 0.2) is 0 Å². The normalized spacial score (nSPS) is 17.7. The van der Waals surface area contributed by atoms with Crippen molar-refractivity contribution in [1.29, 1.82) is 0 Å². The van der Waals surface area contributed by atoms with Gasteiger partial charge in [-0.15, -0.1) is 0 Å². The molecule has 0 aromatic rings. The zero-order valence-electron chi connectivity index (χ0n) is 7.07. The third-order valence-electron chi connectivity index (χ3n) is 1.95. The van der Waals surface area contributed by atoms with Crippen LogP contribution in [0.3, 0.4) is 0 Å². The molecule has 0 atom stereocenters. The Morgan fingerprint density at radius 3 is 2.42 bits per heavy atom. The first-order valence-electron chi connectivity index (χ1n) is 4.14. The van der Waals surface area contributed by atoms with Crippen LogP contribution in [0.15, 0.2) is 0 Å². The van der Waals surface area contributed by atoms with Gasteiger partial charge in [-0.2, -0.15) is 0 Å². The number of carbonyl (C=O) groups excluding carboxylic acids is 1. The first kappa shape index (κ1) is 9.28. The van der Waals surface area contributed by atoms with Crippen LogP contribution in [-0.2, 0) is 0 Å². The van der Waals surface area contributed by atoms with Gasteiger partial charge in [-0.25, -0.2) is 4.79 Å². The van der Waals surface area contributed by atoms with E-state index in [0.29, 0.717) is 26.2 Å². The number of hydrogen-bond acceptors (Lipinski definition) is 3. The van der Waals surface area contributed by atoms with Crippen LogP contribution in [0.2, 0.25) is 0 Å². The van der Waals surface area contributed by atoms with E-state index in [1.165, 1.54) is 0 Å². The summed E-state index contributed by atoms with van der Waals surface area (Å²) in [7, 11) is 0. The van der Waals surface area contributed by atoms with Crippen LogP contribution in [0.5, 0.6) is 0 Å². The van der Waals surface area contributed by atoms with E-state index >= 15 is 0 Å². The molecule has 1 aliphatic heterocycles. The molecule has 5 heteroatoms. The summed E-state index contributed by atoms with van der Waals surface area (Å²) in [5.74, 6) is 0. The summed E-state index contributed by atoms with van der Waals surface area (Å²) in [6, 6.07) is -0.00509. The lowest BCUT2D eigenvalue weighted by atomic mass is 10.5. The molecule has 12 heavy (non-hydrogen) atoms. The average Bonchev–Trinajstić information content (AvgIpc) is 2.38. The minimum Gasteiger partial charge on any atom is -0.395 e. The summed E-state index contributed by atoms with van der Waals surface area (Å²) in [5.41, 5.74) is 5.33. The van der Waals surface area contributed by atoms with Gasteiger partial charge in [-0.1, -0.05) is 0 Å². The highest BCUT2D eigenvalue weighted by Crippen LogP contribution is 2.06. The van der Waals surface area contributed by atoms with E-state index in [-0.39, 0.29) is 12.6 Å². The van der Waals surface area contributed by atoms with Crippen molar-refractivity contribution in [2.24, 2.45) is 5.73 Å². The number of nitrogens with zero attached hydrogens (tertiary/aromatic N) is 2. The minimum absolute atomic E-state index is 0.00509. The van der Waals surface area contributed by atoms with Crippen molar-refractivity contribution in [3.63, 3.8) is 0 Å². The topological polar surface area (TPSA) is 69.8 Å². The van der Waals surface area contributed by atoms with Crippen LogP contribution in [0.25, 0.3) is 0 Å². The largest absolute Gasteiger partial charge is 0.395 e. The van der Waals surface area contributed by atoms with Crippen molar-refractivity contribution in [1.82, 2.24) is 9.80 Å². The number of β-amino-alcohol motifs (C(OH)–C–C–N with tert-alkyl or cyclic N) is 1. The standard InChI is InChI=1S/C7H15N3O2/c8-1-2-9-3-4-10(5-6-11)7(9)12/h11H,1-6,8H2. The fourth-order valence-electron chi connectivity index (χ4n) is 1.32. The summed E-state index contributed by atoms with van der Waals surface area (Å²) in [6.45, 7) is 3.01. The average molecular weight is 173 g/mol.